The van der Waals surface area contributed by atoms with Crippen LogP contribution in [0.3, 0.4) is 0 Å². The largest absolute Gasteiger partial charge is 1.00 e. The quantitative estimate of drug-likeness (QED) is 0.269. The van der Waals surface area contributed by atoms with Gasteiger partial charge in [0.2, 0.25) is 0 Å². The van der Waals surface area contributed by atoms with Crippen molar-refractivity contribution in [3.8, 4) is 0 Å². The Morgan fingerprint density at radius 1 is 0.600 bits per heavy atom. The van der Waals surface area contributed by atoms with Crippen LogP contribution in [0.15, 0.2) is 0 Å². The van der Waals surface area contributed by atoms with Crippen molar-refractivity contribution in [3.05, 3.63) is 0 Å². The molecule has 0 aliphatic rings. The van der Waals surface area contributed by atoms with Crippen LogP contribution in [0, 0.1) is 0 Å². The fraction of sp³-hybridized carbons (Fsp3) is 0. The van der Waals surface area contributed by atoms with E-state index >= 15 is 0 Å². The predicted octanol–water partition coefficient (Wildman–Crippen LogP) is -11.9. The van der Waals surface area contributed by atoms with Gasteiger partial charge in [-0.05, 0) is 0 Å². The summed E-state index contributed by atoms with van der Waals surface area (Å²) in [5.41, 5.74) is 0. The summed E-state index contributed by atoms with van der Waals surface area (Å²) in [5.74, 6) is 0. The minimum Gasteiger partial charge on any atom is -1.00 e. The van der Waals surface area contributed by atoms with E-state index in [1.807, 2.05) is 0 Å². The van der Waals surface area contributed by atoms with Crippen LogP contribution in [0.4, 0.5) is 0 Å². The van der Waals surface area contributed by atoms with Crippen LogP contribution in [0.2, 0.25) is 0 Å². The molecule has 0 saturated carbocycles. The van der Waals surface area contributed by atoms with Gasteiger partial charge in [0.15, 0.2) is 0 Å². The van der Waals surface area contributed by atoms with Crippen molar-refractivity contribution in [3.63, 3.8) is 0 Å². The molecule has 0 saturated heterocycles. The van der Waals surface area contributed by atoms with E-state index in [1.54, 1.807) is 0 Å². The summed E-state index contributed by atoms with van der Waals surface area (Å²) in [6, 6.07) is 0. The Kier molecular flexibility index (Phi) is 174. The minimum absolute atomic E-state index is 0. The summed E-state index contributed by atoms with van der Waals surface area (Å²) >= 11 is 0. The molecular weight excluding hydrogens is 103 g/mol. The Hall–Kier alpha value is 4.06. The van der Waals surface area contributed by atoms with Gasteiger partial charge in [-0.2, -0.15) is 0 Å². The second-order valence-electron chi connectivity index (χ2n) is 0. The van der Waals surface area contributed by atoms with Gasteiger partial charge in [-0.3, -0.25) is 0 Å². The van der Waals surface area contributed by atoms with Crippen molar-refractivity contribution < 1.29 is 124 Å². The molecule has 0 unspecified atom stereocenters. The van der Waals surface area contributed by atoms with Crippen LogP contribution < -0.4 is 118 Å². The molecule has 0 amide bonds. The molecule has 0 aliphatic carbocycles. The maximum absolute atomic E-state index is 0. The van der Waals surface area contributed by atoms with E-state index in [2.05, 4.69) is 0 Å². The number of rotatable bonds is 0. The maximum Gasteiger partial charge on any atom is 1.00 e. The average molecular weight is 107 g/mol. The molecule has 0 fully saturated rings. The standard InChI is InChI=1S/B.4Na.4H/q;4*+1;4*-1. The molecule has 0 bridgehead atoms. The van der Waals surface area contributed by atoms with Crippen molar-refractivity contribution in [2.75, 3.05) is 0 Å². The fourth-order valence-corrected chi connectivity index (χ4v) is 0. The van der Waals surface area contributed by atoms with Crippen molar-refractivity contribution in [1.29, 1.82) is 0 Å². The van der Waals surface area contributed by atoms with E-state index in [0.29, 0.717) is 0 Å². The minimum atomic E-state index is 0. The van der Waals surface area contributed by atoms with Crippen LogP contribution in [0.5, 0.6) is 0 Å². The van der Waals surface area contributed by atoms with Gasteiger partial charge < -0.3 is 5.71 Å². The van der Waals surface area contributed by atoms with E-state index in [9.17, 15) is 0 Å². The molecule has 0 rings (SSSR count). The number of hydrogen-bond donors (Lipinski definition) is 0. The molecule has 0 nitrogen and oxygen atoms in total. The summed E-state index contributed by atoms with van der Waals surface area (Å²) in [4.78, 5) is 0. The average Bonchev–Trinajstić information content (AvgIpc) is 0. The topological polar surface area (TPSA) is 0 Å². The van der Waals surface area contributed by atoms with Crippen molar-refractivity contribution in [2.45, 2.75) is 0 Å². The molecular formula is H4BNa4. The molecule has 5 heteroatoms. The van der Waals surface area contributed by atoms with E-state index < -0.39 is 0 Å². The Labute approximate surface area is 129 Å². The summed E-state index contributed by atoms with van der Waals surface area (Å²) < 4.78 is 0. The molecule has 0 atom stereocenters. The fourth-order valence-electron chi connectivity index (χ4n) is 0. The first-order valence-electron chi connectivity index (χ1n) is 0. The van der Waals surface area contributed by atoms with Crippen molar-refractivity contribution in [2.24, 2.45) is 0 Å². The van der Waals surface area contributed by atoms with Crippen LogP contribution >= 0.6 is 0 Å². The molecule has 11 valence electrons. The van der Waals surface area contributed by atoms with Crippen LogP contribution in [0.1, 0.15) is 5.71 Å². The van der Waals surface area contributed by atoms with Crippen LogP contribution in [-0.2, 0) is 0 Å². The monoisotopic (exact) mass is 107 g/mol. The Balaban J connectivity index is 0. The summed E-state index contributed by atoms with van der Waals surface area (Å²) in [7, 11) is 0. The summed E-state index contributed by atoms with van der Waals surface area (Å²) in [6.07, 6.45) is 0. The smallest absolute Gasteiger partial charge is 1.00 e. The Bertz CT molecular complexity index is 12.5. The molecule has 5 heavy (non-hydrogen) atoms. The second-order valence-corrected chi connectivity index (χ2v) is 0. The molecule has 0 spiro atoms. The first kappa shape index (κ1) is 35.7. The first-order chi connectivity index (χ1) is 0. The van der Waals surface area contributed by atoms with Gasteiger partial charge in [0.1, 0.15) is 0 Å². The van der Waals surface area contributed by atoms with Crippen molar-refractivity contribution in [1.82, 2.24) is 0 Å². The second kappa shape index (κ2) is 24.4. The van der Waals surface area contributed by atoms with Crippen LogP contribution in [0.25, 0.3) is 0 Å². The molecule has 0 aromatic carbocycles. The molecule has 0 aliphatic heterocycles. The molecule has 0 aromatic rings. The third kappa shape index (κ3) is 18.0. The molecule has 0 N–H and O–H groups in total. The SMILES string of the molecule is [B].[H-].[H-].[H-].[H-].[Na+].[Na+].[Na+].[Na+]. The number of hydrogen-bond acceptors (Lipinski definition) is 0. The summed E-state index contributed by atoms with van der Waals surface area (Å²) in [6.45, 7) is 0. The first-order valence-corrected chi connectivity index (χ1v) is 0. The Morgan fingerprint density at radius 2 is 0.600 bits per heavy atom. The van der Waals surface area contributed by atoms with E-state index in [-0.39, 0.29) is 132 Å². The maximum atomic E-state index is 0. The van der Waals surface area contributed by atoms with Gasteiger partial charge in [0.05, 0.1) is 0 Å². The normalized spacial score (nSPS) is 0. The molecule has 0 aromatic heterocycles. The van der Waals surface area contributed by atoms with Crippen molar-refractivity contribution >= 4 is 8.41 Å². The van der Waals surface area contributed by atoms with Gasteiger partial charge in [0.25, 0.3) is 0 Å². The van der Waals surface area contributed by atoms with Gasteiger partial charge in [-0.25, -0.2) is 0 Å². The summed E-state index contributed by atoms with van der Waals surface area (Å²) in [5, 5.41) is 0. The Morgan fingerprint density at radius 3 is 0.600 bits per heavy atom. The van der Waals surface area contributed by atoms with Gasteiger partial charge >= 0.3 is 118 Å². The van der Waals surface area contributed by atoms with E-state index in [0.717, 1.165) is 0 Å². The predicted molar refractivity (Wildman–Crippen MR) is 10.2 cm³/mol. The van der Waals surface area contributed by atoms with Gasteiger partial charge in [-0.1, -0.05) is 0 Å². The molecule has 3 radical (unpaired) electrons. The third-order valence-corrected chi connectivity index (χ3v) is 0. The van der Waals surface area contributed by atoms with Gasteiger partial charge in [-0.15, -0.1) is 0 Å². The van der Waals surface area contributed by atoms with Gasteiger partial charge in [0, 0.05) is 8.41 Å². The van der Waals surface area contributed by atoms with E-state index in [4.69, 9.17) is 0 Å². The zero-order chi connectivity index (χ0) is 0. The van der Waals surface area contributed by atoms with E-state index in [1.165, 1.54) is 0 Å². The zero-order valence-electron chi connectivity index (χ0n) is 8.58. The zero-order valence-corrected chi connectivity index (χ0v) is 12.6. The third-order valence-electron chi connectivity index (χ3n) is 0. The van der Waals surface area contributed by atoms with Crippen LogP contribution in [-0.4, -0.2) is 8.41 Å². The molecule has 0 heterocycles.